The first-order valence-electron chi connectivity index (χ1n) is 10.9. The highest BCUT2D eigenvalue weighted by Gasteiger charge is 2.34. The number of hydrogen-bond acceptors (Lipinski definition) is 5. The highest BCUT2D eigenvalue weighted by molar-refractivity contribution is 9.10. The lowest BCUT2D eigenvalue weighted by Gasteiger charge is -2.38. The zero-order chi connectivity index (χ0) is 22.4. The van der Waals surface area contributed by atoms with Gasteiger partial charge >= 0.3 is 0 Å². The monoisotopic (exact) mass is 496 g/mol. The summed E-state index contributed by atoms with van der Waals surface area (Å²) in [5, 5.41) is 0. The molecule has 5 aromatic rings. The molecule has 3 aromatic heterocycles. The van der Waals surface area contributed by atoms with Gasteiger partial charge in [0.25, 0.3) is 0 Å². The molecule has 33 heavy (non-hydrogen) atoms. The van der Waals surface area contributed by atoms with Crippen LogP contribution in [-0.2, 0) is 5.54 Å². The largest absolute Gasteiger partial charge is 0.321 e. The van der Waals surface area contributed by atoms with Crippen LogP contribution in [0.4, 0.5) is 0 Å². The van der Waals surface area contributed by atoms with E-state index in [1.807, 2.05) is 47.0 Å². The number of aromatic nitrogens is 5. The number of pyridine rings is 1. The van der Waals surface area contributed by atoms with Crippen LogP contribution in [0.3, 0.4) is 0 Å². The fourth-order valence-electron chi connectivity index (χ4n) is 4.34. The van der Waals surface area contributed by atoms with Gasteiger partial charge in [-0.05, 0) is 65.0 Å². The number of hydrogen-bond donors (Lipinski definition) is 1. The van der Waals surface area contributed by atoms with Crippen molar-refractivity contribution in [2.24, 2.45) is 5.73 Å². The Morgan fingerprint density at radius 2 is 1.67 bits per heavy atom. The molecule has 0 aliphatic heterocycles. The van der Waals surface area contributed by atoms with E-state index in [0.29, 0.717) is 17.2 Å². The Kier molecular flexibility index (Phi) is 4.81. The molecule has 0 saturated heterocycles. The molecule has 162 valence electrons. The molecule has 1 aliphatic carbocycles. The predicted octanol–water partition coefficient (Wildman–Crippen LogP) is 5.64. The third kappa shape index (κ3) is 3.44. The third-order valence-electron chi connectivity index (χ3n) is 6.35. The Morgan fingerprint density at radius 1 is 0.879 bits per heavy atom. The average Bonchev–Trinajstić information content (AvgIpc) is 3.22. The lowest BCUT2D eigenvalue weighted by atomic mass is 9.73. The van der Waals surface area contributed by atoms with Crippen LogP contribution in [0.5, 0.6) is 0 Å². The molecule has 6 nitrogen and oxygen atoms in total. The van der Waals surface area contributed by atoms with Crippen LogP contribution in [-0.4, -0.2) is 24.5 Å². The van der Waals surface area contributed by atoms with Crippen LogP contribution >= 0.6 is 15.9 Å². The number of benzene rings is 2. The second-order valence-electron chi connectivity index (χ2n) is 8.43. The highest BCUT2D eigenvalue weighted by atomic mass is 79.9. The lowest BCUT2D eigenvalue weighted by Crippen LogP contribution is -2.43. The molecule has 0 radical (unpaired) electrons. The predicted molar refractivity (Wildman–Crippen MR) is 133 cm³/mol. The van der Waals surface area contributed by atoms with Gasteiger partial charge in [-0.1, -0.05) is 42.5 Å². The van der Waals surface area contributed by atoms with E-state index in [-0.39, 0.29) is 5.54 Å². The first-order valence-corrected chi connectivity index (χ1v) is 11.7. The molecule has 6 rings (SSSR count). The van der Waals surface area contributed by atoms with Crippen molar-refractivity contribution in [3.05, 3.63) is 89.2 Å². The Hall–Kier alpha value is -3.42. The van der Waals surface area contributed by atoms with Gasteiger partial charge in [-0.2, -0.15) is 0 Å². The van der Waals surface area contributed by atoms with E-state index in [9.17, 15) is 0 Å². The summed E-state index contributed by atoms with van der Waals surface area (Å²) < 4.78 is 2.91. The van der Waals surface area contributed by atoms with E-state index in [0.717, 1.165) is 39.9 Å². The quantitative estimate of drug-likeness (QED) is 0.347. The van der Waals surface area contributed by atoms with Crippen LogP contribution in [0.15, 0.2) is 83.6 Å². The van der Waals surface area contributed by atoms with E-state index in [2.05, 4.69) is 50.2 Å². The molecular formula is C26H21BrN6. The molecule has 0 bridgehead atoms. The Morgan fingerprint density at radius 3 is 2.36 bits per heavy atom. The summed E-state index contributed by atoms with van der Waals surface area (Å²) in [6, 6.07) is 22.2. The van der Waals surface area contributed by atoms with E-state index >= 15 is 0 Å². The Bertz CT molecular complexity index is 1460. The van der Waals surface area contributed by atoms with Gasteiger partial charge in [0.15, 0.2) is 17.3 Å². The van der Waals surface area contributed by atoms with E-state index < -0.39 is 0 Å². The second kappa shape index (κ2) is 7.86. The SMILES string of the molecule is NC1(c2ccc(-n3c(-c4ncccc4Br)nc4cnc(-c5ccccc5)nc43)cc2)CCC1. The lowest BCUT2D eigenvalue weighted by molar-refractivity contribution is 0.253. The maximum atomic E-state index is 6.55. The van der Waals surface area contributed by atoms with Gasteiger partial charge in [0.05, 0.1) is 6.20 Å². The summed E-state index contributed by atoms with van der Waals surface area (Å²) in [4.78, 5) is 19.0. The summed E-state index contributed by atoms with van der Waals surface area (Å²) >= 11 is 3.63. The molecule has 1 fully saturated rings. The smallest absolute Gasteiger partial charge is 0.169 e. The molecule has 0 amide bonds. The van der Waals surface area contributed by atoms with Gasteiger partial charge in [-0.25, -0.2) is 15.0 Å². The molecule has 3 heterocycles. The number of fused-ring (bicyclic) bond motifs is 1. The molecule has 0 unspecified atom stereocenters. The molecule has 0 spiro atoms. The molecule has 0 atom stereocenters. The van der Waals surface area contributed by atoms with Gasteiger partial charge in [-0.3, -0.25) is 9.55 Å². The molecule has 1 aliphatic rings. The second-order valence-corrected chi connectivity index (χ2v) is 9.28. The van der Waals surface area contributed by atoms with Crippen LogP contribution in [0.1, 0.15) is 24.8 Å². The Labute approximate surface area is 199 Å². The average molecular weight is 497 g/mol. The first-order chi connectivity index (χ1) is 16.1. The normalized spacial score (nSPS) is 14.8. The molecule has 2 aromatic carbocycles. The van der Waals surface area contributed by atoms with E-state index in [1.54, 1.807) is 12.4 Å². The summed E-state index contributed by atoms with van der Waals surface area (Å²) in [6.45, 7) is 0. The number of rotatable bonds is 4. The van der Waals surface area contributed by atoms with Crippen LogP contribution in [0, 0.1) is 0 Å². The van der Waals surface area contributed by atoms with Crippen molar-refractivity contribution in [2.45, 2.75) is 24.8 Å². The van der Waals surface area contributed by atoms with Gasteiger partial charge in [0, 0.05) is 27.5 Å². The number of imidazole rings is 1. The minimum absolute atomic E-state index is 0.203. The van der Waals surface area contributed by atoms with Crippen molar-refractivity contribution < 1.29 is 0 Å². The van der Waals surface area contributed by atoms with Crippen LogP contribution < -0.4 is 5.73 Å². The van der Waals surface area contributed by atoms with Gasteiger partial charge in [0.2, 0.25) is 0 Å². The van der Waals surface area contributed by atoms with Gasteiger partial charge in [0.1, 0.15) is 11.2 Å². The molecule has 7 heteroatoms. The maximum absolute atomic E-state index is 6.55. The van der Waals surface area contributed by atoms with Crippen molar-refractivity contribution in [2.75, 3.05) is 0 Å². The van der Waals surface area contributed by atoms with Crippen molar-refractivity contribution in [1.29, 1.82) is 0 Å². The minimum atomic E-state index is -0.203. The van der Waals surface area contributed by atoms with Crippen molar-refractivity contribution in [3.8, 4) is 28.6 Å². The fourth-order valence-corrected chi connectivity index (χ4v) is 4.78. The summed E-state index contributed by atoms with van der Waals surface area (Å²) in [7, 11) is 0. The fraction of sp³-hybridized carbons (Fsp3) is 0.154. The maximum Gasteiger partial charge on any atom is 0.169 e. The van der Waals surface area contributed by atoms with E-state index in [1.165, 1.54) is 12.0 Å². The van der Waals surface area contributed by atoms with Crippen molar-refractivity contribution >= 4 is 27.1 Å². The van der Waals surface area contributed by atoms with Crippen molar-refractivity contribution in [1.82, 2.24) is 24.5 Å². The third-order valence-corrected chi connectivity index (χ3v) is 6.99. The topological polar surface area (TPSA) is 82.5 Å². The molecule has 1 saturated carbocycles. The van der Waals surface area contributed by atoms with Gasteiger partial charge < -0.3 is 5.73 Å². The summed E-state index contributed by atoms with van der Waals surface area (Å²) in [5.74, 6) is 1.36. The summed E-state index contributed by atoms with van der Waals surface area (Å²) in [5.41, 5.74) is 11.6. The van der Waals surface area contributed by atoms with Crippen LogP contribution in [0.25, 0.3) is 39.8 Å². The summed E-state index contributed by atoms with van der Waals surface area (Å²) in [6.07, 6.45) is 6.78. The van der Waals surface area contributed by atoms with E-state index in [4.69, 9.17) is 15.7 Å². The molecular weight excluding hydrogens is 476 g/mol. The van der Waals surface area contributed by atoms with Crippen LogP contribution in [0.2, 0.25) is 0 Å². The van der Waals surface area contributed by atoms with Crippen molar-refractivity contribution in [3.63, 3.8) is 0 Å². The zero-order valence-electron chi connectivity index (χ0n) is 17.8. The highest BCUT2D eigenvalue weighted by Crippen LogP contribution is 2.39. The Balaban J connectivity index is 1.57. The zero-order valence-corrected chi connectivity index (χ0v) is 19.4. The van der Waals surface area contributed by atoms with Gasteiger partial charge in [-0.15, -0.1) is 0 Å². The number of halogens is 1. The number of nitrogens with zero attached hydrogens (tertiary/aromatic N) is 5. The molecule has 2 N–H and O–H groups in total. The standard InChI is InChI=1S/C26H21BrN6/c27-20-8-4-15-29-22(20)25-31-21-16-30-23(17-6-2-1-3-7-17)32-24(21)33(25)19-11-9-18(10-12-19)26(28)13-5-14-26/h1-4,6-12,15-16H,5,13-14,28H2. The number of nitrogens with two attached hydrogens (primary N) is 1. The first kappa shape index (κ1) is 20.2. The minimum Gasteiger partial charge on any atom is -0.321 e.